The van der Waals surface area contributed by atoms with Crippen molar-refractivity contribution in [3.05, 3.63) is 77.0 Å². The molecule has 6 nitrogen and oxygen atoms in total. The maximum Gasteiger partial charge on any atom is 0.251 e. The number of amides is 1. The predicted octanol–water partition coefficient (Wildman–Crippen LogP) is 2.72. The van der Waals surface area contributed by atoms with Gasteiger partial charge >= 0.3 is 0 Å². The highest BCUT2D eigenvalue weighted by Gasteiger charge is 2.13. The number of hydrogen-bond donors (Lipinski definition) is 2. The molecule has 0 spiro atoms. The molecule has 2 heterocycles. The molecule has 0 saturated carbocycles. The highest BCUT2D eigenvalue weighted by molar-refractivity contribution is 5.94. The quantitative estimate of drug-likeness (QED) is 0.641. The summed E-state index contributed by atoms with van der Waals surface area (Å²) in [4.78, 5) is 12.4. The van der Waals surface area contributed by atoms with Crippen LogP contribution in [0.25, 0.3) is 0 Å². The molecule has 3 aromatic rings. The van der Waals surface area contributed by atoms with Crippen molar-refractivity contribution in [2.24, 2.45) is 5.92 Å². The Hall–Kier alpha value is -2.86. The zero-order valence-corrected chi connectivity index (χ0v) is 15.7. The van der Waals surface area contributed by atoms with Gasteiger partial charge in [0.25, 0.3) is 5.91 Å². The lowest BCUT2D eigenvalue weighted by atomic mass is 10.0. The SMILES string of the molecule is Cc1cc(C)n(Cc2ccc(C(=O)NC[C@H](CO)Cc3ccco3)cc2)n1. The third kappa shape index (κ3) is 5.08. The minimum absolute atomic E-state index is 0.0114. The molecule has 3 rings (SSSR count). The summed E-state index contributed by atoms with van der Waals surface area (Å²) in [6.07, 6.45) is 2.20. The van der Waals surface area contributed by atoms with Crippen LogP contribution in [-0.4, -0.2) is 33.9 Å². The number of aromatic nitrogens is 2. The fourth-order valence-corrected chi connectivity index (χ4v) is 3.02. The Balaban J connectivity index is 1.54. The molecule has 6 heteroatoms. The Bertz CT molecular complexity index is 867. The van der Waals surface area contributed by atoms with Crippen molar-refractivity contribution in [1.82, 2.24) is 15.1 Å². The summed E-state index contributed by atoms with van der Waals surface area (Å²) in [6.45, 7) is 5.06. The molecule has 142 valence electrons. The average molecular weight is 367 g/mol. The largest absolute Gasteiger partial charge is 0.469 e. The van der Waals surface area contributed by atoms with E-state index in [-0.39, 0.29) is 18.4 Å². The van der Waals surface area contributed by atoms with Gasteiger partial charge in [0.05, 0.1) is 18.5 Å². The number of rotatable bonds is 8. The number of aliphatic hydroxyl groups excluding tert-OH is 1. The lowest BCUT2D eigenvalue weighted by Gasteiger charge is -2.14. The van der Waals surface area contributed by atoms with Crippen molar-refractivity contribution in [3.63, 3.8) is 0 Å². The molecule has 0 unspecified atom stereocenters. The molecular weight excluding hydrogens is 342 g/mol. The number of benzene rings is 1. The minimum atomic E-state index is -0.148. The number of carbonyl (C=O) groups is 1. The maximum absolute atomic E-state index is 12.4. The van der Waals surface area contributed by atoms with Crippen LogP contribution >= 0.6 is 0 Å². The van der Waals surface area contributed by atoms with Gasteiger partial charge in [0.1, 0.15) is 5.76 Å². The van der Waals surface area contributed by atoms with E-state index < -0.39 is 0 Å². The lowest BCUT2D eigenvalue weighted by Crippen LogP contribution is -2.31. The number of aliphatic hydroxyl groups is 1. The summed E-state index contributed by atoms with van der Waals surface area (Å²) in [5.41, 5.74) is 3.79. The Morgan fingerprint density at radius 1 is 1.26 bits per heavy atom. The molecule has 2 aromatic heterocycles. The number of aryl methyl sites for hydroxylation is 2. The van der Waals surface area contributed by atoms with E-state index in [1.807, 2.05) is 61.0 Å². The van der Waals surface area contributed by atoms with Gasteiger partial charge in [-0.15, -0.1) is 0 Å². The van der Waals surface area contributed by atoms with Crippen LogP contribution in [0, 0.1) is 19.8 Å². The van der Waals surface area contributed by atoms with E-state index in [0.29, 0.717) is 25.1 Å². The van der Waals surface area contributed by atoms with Gasteiger partial charge in [0, 0.05) is 36.7 Å². The fraction of sp³-hybridized carbons (Fsp3) is 0.333. The Labute approximate surface area is 158 Å². The van der Waals surface area contributed by atoms with Gasteiger partial charge in [0.2, 0.25) is 0 Å². The summed E-state index contributed by atoms with van der Waals surface area (Å²) >= 11 is 0. The zero-order chi connectivity index (χ0) is 19.2. The highest BCUT2D eigenvalue weighted by Crippen LogP contribution is 2.11. The van der Waals surface area contributed by atoms with E-state index >= 15 is 0 Å². The summed E-state index contributed by atoms with van der Waals surface area (Å²) in [5, 5.41) is 16.9. The first-order valence-electron chi connectivity index (χ1n) is 9.06. The molecule has 0 saturated heterocycles. The van der Waals surface area contributed by atoms with E-state index in [1.54, 1.807) is 6.26 Å². The average Bonchev–Trinajstić information content (AvgIpc) is 3.28. The van der Waals surface area contributed by atoms with E-state index in [2.05, 4.69) is 10.4 Å². The van der Waals surface area contributed by atoms with Gasteiger partial charge < -0.3 is 14.8 Å². The summed E-state index contributed by atoms with van der Waals surface area (Å²) in [6, 6.07) is 13.2. The van der Waals surface area contributed by atoms with Gasteiger partial charge in [-0.05, 0) is 49.7 Å². The van der Waals surface area contributed by atoms with Crippen LogP contribution in [0.3, 0.4) is 0 Å². The number of nitrogens with zero attached hydrogens (tertiary/aromatic N) is 2. The van der Waals surface area contributed by atoms with Gasteiger partial charge in [-0.25, -0.2) is 0 Å². The monoisotopic (exact) mass is 367 g/mol. The van der Waals surface area contributed by atoms with E-state index in [4.69, 9.17) is 4.42 Å². The molecule has 1 atom stereocenters. The molecule has 1 amide bonds. The van der Waals surface area contributed by atoms with Crippen LogP contribution in [-0.2, 0) is 13.0 Å². The summed E-state index contributed by atoms with van der Waals surface area (Å²) < 4.78 is 7.25. The molecule has 1 aromatic carbocycles. The first-order valence-corrected chi connectivity index (χ1v) is 9.06. The van der Waals surface area contributed by atoms with Gasteiger partial charge in [0.15, 0.2) is 0 Å². The maximum atomic E-state index is 12.4. The molecule has 0 aliphatic carbocycles. The van der Waals surface area contributed by atoms with Crippen LogP contribution in [0.15, 0.2) is 53.1 Å². The van der Waals surface area contributed by atoms with Crippen molar-refractivity contribution in [1.29, 1.82) is 0 Å². The first kappa shape index (κ1) is 18.9. The molecule has 0 aliphatic rings. The molecule has 2 N–H and O–H groups in total. The van der Waals surface area contributed by atoms with E-state index in [0.717, 1.165) is 22.7 Å². The van der Waals surface area contributed by atoms with Crippen LogP contribution in [0.5, 0.6) is 0 Å². The Kier molecular flexibility index (Phi) is 6.08. The van der Waals surface area contributed by atoms with E-state index in [1.165, 1.54) is 0 Å². The molecule has 0 radical (unpaired) electrons. The first-order chi connectivity index (χ1) is 13.0. The van der Waals surface area contributed by atoms with Crippen molar-refractivity contribution in [2.45, 2.75) is 26.8 Å². The summed E-state index contributed by atoms with van der Waals surface area (Å²) in [5.74, 6) is 0.577. The number of furan rings is 1. The van der Waals surface area contributed by atoms with Gasteiger partial charge in [-0.3, -0.25) is 9.48 Å². The Morgan fingerprint density at radius 3 is 2.63 bits per heavy atom. The topological polar surface area (TPSA) is 80.3 Å². The summed E-state index contributed by atoms with van der Waals surface area (Å²) in [7, 11) is 0. The molecule has 0 aliphatic heterocycles. The van der Waals surface area contributed by atoms with Gasteiger partial charge in [-0.2, -0.15) is 5.10 Å². The fourth-order valence-electron chi connectivity index (χ4n) is 3.02. The van der Waals surface area contributed by atoms with E-state index in [9.17, 15) is 9.90 Å². The third-order valence-corrected chi connectivity index (χ3v) is 4.53. The normalized spacial score (nSPS) is 12.1. The second kappa shape index (κ2) is 8.68. The second-order valence-electron chi connectivity index (χ2n) is 6.82. The standard InChI is InChI=1S/C21H25N3O3/c1-15-10-16(2)24(23-15)13-17-5-7-19(8-6-17)21(26)22-12-18(14-25)11-20-4-3-9-27-20/h3-10,18,25H,11-14H2,1-2H3,(H,22,26)/t18-/m1/s1. The van der Waals surface area contributed by atoms with Crippen molar-refractivity contribution < 1.29 is 14.3 Å². The highest BCUT2D eigenvalue weighted by atomic mass is 16.3. The second-order valence-corrected chi connectivity index (χ2v) is 6.82. The van der Waals surface area contributed by atoms with Crippen LogP contribution in [0.4, 0.5) is 0 Å². The molecule has 0 bridgehead atoms. The smallest absolute Gasteiger partial charge is 0.251 e. The zero-order valence-electron chi connectivity index (χ0n) is 15.7. The Morgan fingerprint density at radius 2 is 2.04 bits per heavy atom. The molecule has 27 heavy (non-hydrogen) atoms. The van der Waals surface area contributed by atoms with Crippen LogP contribution in [0.1, 0.15) is 33.1 Å². The molecule has 0 fully saturated rings. The van der Waals surface area contributed by atoms with Crippen LogP contribution in [0.2, 0.25) is 0 Å². The number of carbonyl (C=O) groups excluding carboxylic acids is 1. The predicted molar refractivity (Wildman–Crippen MR) is 103 cm³/mol. The van der Waals surface area contributed by atoms with Crippen molar-refractivity contribution in [2.75, 3.05) is 13.2 Å². The number of hydrogen-bond acceptors (Lipinski definition) is 4. The number of nitrogens with one attached hydrogen (secondary N) is 1. The third-order valence-electron chi connectivity index (χ3n) is 4.53. The lowest BCUT2D eigenvalue weighted by molar-refractivity contribution is 0.0939. The van der Waals surface area contributed by atoms with Gasteiger partial charge in [-0.1, -0.05) is 12.1 Å². The van der Waals surface area contributed by atoms with Crippen LogP contribution < -0.4 is 5.32 Å². The van der Waals surface area contributed by atoms with Crippen molar-refractivity contribution in [3.8, 4) is 0 Å². The minimum Gasteiger partial charge on any atom is -0.469 e. The van der Waals surface area contributed by atoms with Crippen molar-refractivity contribution >= 4 is 5.91 Å². The molecular formula is C21H25N3O3.